The van der Waals surface area contributed by atoms with Gasteiger partial charge in [0.2, 0.25) is 0 Å². The van der Waals surface area contributed by atoms with E-state index in [0.29, 0.717) is 0 Å². The Balaban J connectivity index is 2.72. The number of nitrogens with zero attached hydrogens (tertiary/aromatic N) is 2. The molecule has 1 rings (SSSR count). The van der Waals surface area contributed by atoms with E-state index < -0.39 is 4.92 Å². The summed E-state index contributed by atoms with van der Waals surface area (Å²) in [6.07, 6.45) is 1.24. The number of hydrogen-bond donors (Lipinski definition) is 1. The Morgan fingerprint density at radius 2 is 2.24 bits per heavy atom. The van der Waals surface area contributed by atoms with Crippen LogP contribution in [0.5, 0.6) is 0 Å². The van der Waals surface area contributed by atoms with Crippen molar-refractivity contribution in [1.82, 2.24) is 9.88 Å². The topological polar surface area (TPSA) is 79.2 Å². The smallest absolute Gasteiger partial charge is 0.287 e. The van der Waals surface area contributed by atoms with Crippen LogP contribution in [0.2, 0.25) is 0 Å². The first-order chi connectivity index (χ1) is 7.95. The molecule has 6 nitrogen and oxygen atoms in total. The van der Waals surface area contributed by atoms with Crippen LogP contribution >= 0.6 is 0 Å². The van der Waals surface area contributed by atoms with Crippen LogP contribution in [0.1, 0.15) is 31.3 Å². The minimum Gasteiger partial charge on any atom is -0.353 e. The van der Waals surface area contributed by atoms with Crippen LogP contribution in [0, 0.1) is 10.1 Å². The maximum Gasteiger partial charge on any atom is 0.287 e. The Morgan fingerprint density at radius 3 is 2.65 bits per heavy atom. The van der Waals surface area contributed by atoms with Crippen molar-refractivity contribution in [2.45, 2.75) is 26.8 Å². The Kier molecular flexibility index (Phi) is 4.39. The Hall–Kier alpha value is -1.69. The number of aromatic amines is 1. The summed E-state index contributed by atoms with van der Waals surface area (Å²) in [5, 5.41) is 10.5. The minimum absolute atomic E-state index is 0.0825. The zero-order valence-corrected chi connectivity index (χ0v) is 10.3. The molecule has 0 aliphatic carbocycles. The number of aromatic nitrogens is 1. The molecule has 1 heterocycles. The first-order valence-electron chi connectivity index (χ1n) is 5.55. The van der Waals surface area contributed by atoms with Crippen LogP contribution in [0.25, 0.3) is 0 Å². The van der Waals surface area contributed by atoms with Gasteiger partial charge in [-0.15, -0.1) is 0 Å². The van der Waals surface area contributed by atoms with Gasteiger partial charge in [-0.1, -0.05) is 6.92 Å². The first-order valence-corrected chi connectivity index (χ1v) is 5.55. The van der Waals surface area contributed by atoms with Crippen molar-refractivity contribution in [3.05, 3.63) is 28.1 Å². The van der Waals surface area contributed by atoms with Gasteiger partial charge in [0.15, 0.2) is 5.78 Å². The summed E-state index contributed by atoms with van der Waals surface area (Å²) in [5.74, 6) is -0.131. The van der Waals surface area contributed by atoms with Crippen molar-refractivity contribution in [3.8, 4) is 0 Å². The van der Waals surface area contributed by atoms with E-state index in [9.17, 15) is 14.9 Å². The van der Waals surface area contributed by atoms with Gasteiger partial charge >= 0.3 is 0 Å². The Labute approximate surface area is 99.8 Å². The van der Waals surface area contributed by atoms with Gasteiger partial charge in [0, 0.05) is 12.1 Å². The lowest BCUT2D eigenvalue weighted by molar-refractivity contribution is -0.384. The number of H-pyrrole nitrogens is 1. The van der Waals surface area contributed by atoms with E-state index in [4.69, 9.17) is 0 Å². The summed E-state index contributed by atoms with van der Waals surface area (Å²) >= 11 is 0. The molecule has 0 unspecified atom stereocenters. The molecule has 0 atom stereocenters. The number of hydrogen-bond acceptors (Lipinski definition) is 4. The number of likely N-dealkylation sites (N-methyl/N-ethyl adjacent to an activating group) is 1. The minimum atomic E-state index is -0.521. The maximum absolute atomic E-state index is 11.9. The highest BCUT2D eigenvalue weighted by Gasteiger charge is 2.17. The van der Waals surface area contributed by atoms with Crippen molar-refractivity contribution in [3.63, 3.8) is 0 Å². The monoisotopic (exact) mass is 239 g/mol. The predicted molar refractivity (Wildman–Crippen MR) is 64.2 cm³/mol. The highest BCUT2D eigenvalue weighted by Crippen LogP contribution is 2.13. The summed E-state index contributed by atoms with van der Waals surface area (Å²) in [7, 11) is 0. The largest absolute Gasteiger partial charge is 0.353 e. The summed E-state index contributed by atoms with van der Waals surface area (Å²) < 4.78 is 0. The van der Waals surface area contributed by atoms with E-state index in [0.717, 1.165) is 6.54 Å². The van der Waals surface area contributed by atoms with E-state index in [1.807, 2.05) is 25.7 Å². The van der Waals surface area contributed by atoms with Gasteiger partial charge in [0.25, 0.3) is 5.69 Å². The van der Waals surface area contributed by atoms with Gasteiger partial charge in [-0.05, 0) is 20.4 Å². The third-order valence-electron chi connectivity index (χ3n) is 2.66. The molecule has 0 aromatic carbocycles. The molecule has 0 aliphatic rings. The lowest BCUT2D eigenvalue weighted by Gasteiger charge is -2.23. The molecule has 0 saturated heterocycles. The zero-order valence-electron chi connectivity index (χ0n) is 10.3. The molecule has 0 amide bonds. The van der Waals surface area contributed by atoms with Crippen molar-refractivity contribution in [2.24, 2.45) is 0 Å². The summed E-state index contributed by atoms with van der Waals surface area (Å²) in [6.45, 7) is 7.03. The van der Waals surface area contributed by atoms with Crippen molar-refractivity contribution in [2.75, 3.05) is 13.1 Å². The highest BCUT2D eigenvalue weighted by atomic mass is 16.6. The second-order valence-corrected chi connectivity index (χ2v) is 4.11. The maximum atomic E-state index is 11.9. The normalized spacial score (nSPS) is 11.1. The quantitative estimate of drug-likeness (QED) is 0.466. The average molecular weight is 239 g/mol. The molecule has 1 aromatic heterocycles. The van der Waals surface area contributed by atoms with Crippen molar-refractivity contribution < 1.29 is 9.72 Å². The zero-order chi connectivity index (χ0) is 13.0. The second kappa shape index (κ2) is 5.58. The molecule has 0 aliphatic heterocycles. The van der Waals surface area contributed by atoms with Crippen molar-refractivity contribution >= 4 is 11.5 Å². The van der Waals surface area contributed by atoms with Gasteiger partial charge < -0.3 is 4.98 Å². The van der Waals surface area contributed by atoms with Gasteiger partial charge in [-0.25, -0.2) is 0 Å². The van der Waals surface area contributed by atoms with E-state index in [1.54, 1.807) is 0 Å². The number of nitrogens with one attached hydrogen (secondary N) is 1. The number of Topliss-reactive ketones (excluding diaryl/α,β-unsaturated/α-hetero) is 1. The lowest BCUT2D eigenvalue weighted by atomic mass is 10.2. The number of rotatable bonds is 6. The van der Waals surface area contributed by atoms with Gasteiger partial charge in [-0.2, -0.15) is 0 Å². The molecular weight excluding hydrogens is 222 g/mol. The SMILES string of the molecule is CCN(CC(=O)c1cc([N+](=O)[O-])c[nH]1)C(C)C. The average Bonchev–Trinajstić information content (AvgIpc) is 2.74. The first kappa shape index (κ1) is 13.4. The molecule has 0 fully saturated rings. The molecule has 17 heavy (non-hydrogen) atoms. The van der Waals surface area contributed by atoms with Gasteiger partial charge in [0.05, 0.1) is 23.4 Å². The molecule has 0 spiro atoms. The van der Waals surface area contributed by atoms with E-state index >= 15 is 0 Å². The molecular formula is C11H17N3O3. The summed E-state index contributed by atoms with van der Waals surface area (Å²) in [6, 6.07) is 1.55. The fraction of sp³-hybridized carbons (Fsp3) is 0.545. The molecule has 6 heteroatoms. The van der Waals surface area contributed by atoms with E-state index in [-0.39, 0.29) is 29.8 Å². The van der Waals surface area contributed by atoms with E-state index in [1.165, 1.54) is 12.3 Å². The lowest BCUT2D eigenvalue weighted by Crippen LogP contribution is -2.35. The van der Waals surface area contributed by atoms with Crippen molar-refractivity contribution in [1.29, 1.82) is 0 Å². The number of carbonyl (C=O) groups is 1. The molecule has 0 radical (unpaired) electrons. The molecule has 94 valence electrons. The van der Waals surface area contributed by atoms with Crippen LogP contribution in [0.15, 0.2) is 12.3 Å². The fourth-order valence-electron chi connectivity index (χ4n) is 1.58. The second-order valence-electron chi connectivity index (χ2n) is 4.11. The number of nitro groups is 1. The fourth-order valence-corrected chi connectivity index (χ4v) is 1.58. The summed E-state index contributed by atoms with van der Waals surface area (Å²) in [5.41, 5.74) is 0.205. The molecule has 0 bridgehead atoms. The van der Waals surface area contributed by atoms with Gasteiger partial charge in [-0.3, -0.25) is 19.8 Å². The number of carbonyl (C=O) groups excluding carboxylic acids is 1. The third kappa shape index (κ3) is 3.39. The molecule has 1 N–H and O–H groups in total. The highest BCUT2D eigenvalue weighted by molar-refractivity contribution is 5.96. The predicted octanol–water partition coefficient (Wildman–Crippen LogP) is 1.84. The summed E-state index contributed by atoms with van der Waals surface area (Å²) in [4.78, 5) is 26.5. The number of ketones is 1. The van der Waals surface area contributed by atoms with Crippen LogP contribution in [-0.2, 0) is 0 Å². The van der Waals surface area contributed by atoms with E-state index in [2.05, 4.69) is 4.98 Å². The Morgan fingerprint density at radius 1 is 1.59 bits per heavy atom. The standard InChI is InChI=1S/C11H17N3O3/c1-4-13(8(2)3)7-11(15)10-5-9(6-12-10)14(16)17/h5-6,8,12H,4,7H2,1-3H3. The van der Waals surface area contributed by atoms with Crippen LogP contribution in [-0.4, -0.2) is 39.7 Å². The van der Waals surface area contributed by atoms with Crippen LogP contribution in [0.4, 0.5) is 5.69 Å². The van der Waals surface area contributed by atoms with Gasteiger partial charge in [0.1, 0.15) is 0 Å². The molecule has 0 saturated carbocycles. The van der Waals surface area contributed by atoms with Crippen LogP contribution < -0.4 is 0 Å². The Bertz CT molecular complexity index is 412. The third-order valence-corrected chi connectivity index (χ3v) is 2.66. The van der Waals surface area contributed by atoms with Crippen LogP contribution in [0.3, 0.4) is 0 Å². The molecule has 1 aromatic rings.